The van der Waals surface area contributed by atoms with Crippen molar-refractivity contribution in [1.82, 2.24) is 10.2 Å². The van der Waals surface area contributed by atoms with Crippen molar-refractivity contribution < 1.29 is 14.3 Å². The number of aliphatic hydroxyl groups excluding tert-OH is 1. The predicted molar refractivity (Wildman–Crippen MR) is 98.4 cm³/mol. The molecule has 1 N–H and O–H groups in total. The Hall–Kier alpha value is -1.73. The van der Waals surface area contributed by atoms with Gasteiger partial charge in [-0.05, 0) is 24.3 Å². The van der Waals surface area contributed by atoms with E-state index in [9.17, 15) is 5.11 Å². The van der Waals surface area contributed by atoms with Gasteiger partial charge in [0.15, 0.2) is 0 Å². The third-order valence-corrected chi connectivity index (χ3v) is 4.66. The van der Waals surface area contributed by atoms with Crippen molar-refractivity contribution >= 4 is 35.0 Å². The normalized spacial score (nSPS) is 12.1. The second-order valence-corrected chi connectivity index (χ2v) is 6.90. The molecule has 0 aliphatic rings. The van der Waals surface area contributed by atoms with E-state index < -0.39 is 6.10 Å². The lowest BCUT2D eigenvalue weighted by Gasteiger charge is -2.12. The van der Waals surface area contributed by atoms with Crippen LogP contribution in [0.4, 0.5) is 0 Å². The Kier molecular flexibility index (Phi) is 6.20. The lowest BCUT2D eigenvalue weighted by molar-refractivity contribution is 0.126. The molecule has 0 amide bonds. The van der Waals surface area contributed by atoms with Gasteiger partial charge in [-0.3, -0.25) is 0 Å². The van der Waals surface area contributed by atoms with Gasteiger partial charge in [0, 0.05) is 22.4 Å². The van der Waals surface area contributed by atoms with Crippen LogP contribution in [0.5, 0.6) is 5.75 Å². The molecule has 0 saturated heterocycles. The van der Waals surface area contributed by atoms with E-state index in [4.69, 9.17) is 32.4 Å². The first-order valence-electron chi connectivity index (χ1n) is 7.39. The average Bonchev–Trinajstić information content (AvgIpc) is 3.10. The van der Waals surface area contributed by atoms with Crippen molar-refractivity contribution in [2.24, 2.45) is 0 Å². The third kappa shape index (κ3) is 5.12. The molecule has 3 aromatic rings. The topological polar surface area (TPSA) is 68.4 Å². The van der Waals surface area contributed by atoms with E-state index in [-0.39, 0.29) is 6.61 Å². The molecule has 1 heterocycles. The number of hydrogen-bond donors (Lipinski definition) is 1. The molecule has 0 fully saturated rings. The van der Waals surface area contributed by atoms with Crippen LogP contribution in [0, 0.1) is 0 Å². The molecule has 3 rings (SSSR count). The number of aromatic nitrogens is 2. The number of benzene rings is 2. The summed E-state index contributed by atoms with van der Waals surface area (Å²) in [4.78, 5) is 0. The molecule has 0 aliphatic heterocycles. The number of hydrogen-bond acceptors (Lipinski definition) is 6. The van der Waals surface area contributed by atoms with E-state index >= 15 is 0 Å². The van der Waals surface area contributed by atoms with Gasteiger partial charge in [0.05, 0.1) is 11.1 Å². The van der Waals surface area contributed by atoms with E-state index in [1.165, 1.54) is 11.8 Å². The molecule has 0 aliphatic carbocycles. The van der Waals surface area contributed by atoms with E-state index in [0.717, 1.165) is 5.56 Å². The molecule has 2 aromatic carbocycles. The number of thioether (sulfide) groups is 1. The fraction of sp³-hybridized carbons (Fsp3) is 0.176. The van der Waals surface area contributed by atoms with Gasteiger partial charge in [0.2, 0.25) is 5.89 Å². The SMILES string of the molecule is O[C@H](COc1cc(Cl)ccc1Cl)CSc1nnc(-c2ccccc2)o1. The summed E-state index contributed by atoms with van der Waals surface area (Å²) >= 11 is 13.2. The maximum absolute atomic E-state index is 10.0. The Morgan fingerprint density at radius 2 is 1.92 bits per heavy atom. The van der Waals surface area contributed by atoms with Crippen LogP contribution >= 0.6 is 35.0 Å². The summed E-state index contributed by atoms with van der Waals surface area (Å²) in [7, 11) is 0. The number of rotatable bonds is 7. The fourth-order valence-electron chi connectivity index (χ4n) is 1.95. The number of nitrogens with zero attached hydrogens (tertiary/aromatic N) is 2. The first-order chi connectivity index (χ1) is 12.1. The molecule has 1 aromatic heterocycles. The Bertz CT molecular complexity index is 830. The van der Waals surface area contributed by atoms with Crippen LogP contribution in [0.15, 0.2) is 58.2 Å². The highest BCUT2D eigenvalue weighted by Gasteiger charge is 2.13. The highest BCUT2D eigenvalue weighted by Crippen LogP contribution is 2.28. The maximum Gasteiger partial charge on any atom is 0.276 e. The van der Waals surface area contributed by atoms with Crippen molar-refractivity contribution in [2.75, 3.05) is 12.4 Å². The van der Waals surface area contributed by atoms with Gasteiger partial charge in [0.25, 0.3) is 5.22 Å². The maximum atomic E-state index is 10.0. The zero-order chi connectivity index (χ0) is 17.6. The van der Waals surface area contributed by atoms with E-state index in [1.54, 1.807) is 18.2 Å². The van der Waals surface area contributed by atoms with Gasteiger partial charge in [0.1, 0.15) is 12.4 Å². The molecule has 0 unspecified atom stereocenters. The van der Waals surface area contributed by atoms with Gasteiger partial charge in [-0.15, -0.1) is 10.2 Å². The second-order valence-electron chi connectivity index (χ2n) is 5.09. The molecule has 5 nitrogen and oxygen atoms in total. The quantitative estimate of drug-likeness (QED) is 0.589. The van der Waals surface area contributed by atoms with Crippen LogP contribution in [-0.2, 0) is 0 Å². The first kappa shape index (κ1) is 18.1. The summed E-state index contributed by atoms with van der Waals surface area (Å²) in [6.07, 6.45) is -0.730. The summed E-state index contributed by atoms with van der Waals surface area (Å²) in [5.41, 5.74) is 0.848. The summed E-state index contributed by atoms with van der Waals surface area (Å²) in [5.74, 6) is 1.22. The molecule has 8 heteroatoms. The lowest BCUT2D eigenvalue weighted by Crippen LogP contribution is -2.20. The van der Waals surface area contributed by atoms with Crippen molar-refractivity contribution in [3.05, 3.63) is 58.6 Å². The molecular weight excluding hydrogens is 383 g/mol. The van der Waals surface area contributed by atoms with Gasteiger partial charge in [-0.25, -0.2) is 0 Å². The summed E-state index contributed by atoms with van der Waals surface area (Å²) < 4.78 is 11.1. The summed E-state index contributed by atoms with van der Waals surface area (Å²) in [5, 5.41) is 19.3. The molecule has 0 spiro atoms. The first-order valence-corrected chi connectivity index (χ1v) is 9.13. The van der Waals surface area contributed by atoms with Crippen LogP contribution in [0.3, 0.4) is 0 Å². The van der Waals surface area contributed by atoms with Crippen molar-refractivity contribution in [2.45, 2.75) is 11.3 Å². The standard InChI is InChI=1S/C17H14Cl2N2O3S/c18-12-6-7-14(19)15(8-12)23-9-13(22)10-25-17-21-20-16(24-17)11-4-2-1-3-5-11/h1-8,13,22H,9-10H2/t13-/m1/s1. The highest BCUT2D eigenvalue weighted by atomic mass is 35.5. The fourth-order valence-corrected chi connectivity index (χ4v) is 2.96. The van der Waals surface area contributed by atoms with E-state index in [0.29, 0.717) is 32.7 Å². The van der Waals surface area contributed by atoms with Crippen LogP contribution < -0.4 is 4.74 Å². The van der Waals surface area contributed by atoms with Crippen LogP contribution in [0.25, 0.3) is 11.5 Å². The molecule has 1 atom stereocenters. The van der Waals surface area contributed by atoms with E-state index in [1.807, 2.05) is 30.3 Å². The Morgan fingerprint density at radius 3 is 2.72 bits per heavy atom. The Morgan fingerprint density at radius 1 is 1.12 bits per heavy atom. The molecular formula is C17H14Cl2N2O3S. The number of ether oxygens (including phenoxy) is 1. The van der Waals surface area contributed by atoms with Gasteiger partial charge >= 0.3 is 0 Å². The van der Waals surface area contributed by atoms with Crippen molar-refractivity contribution in [1.29, 1.82) is 0 Å². The monoisotopic (exact) mass is 396 g/mol. The third-order valence-electron chi connectivity index (χ3n) is 3.15. The van der Waals surface area contributed by atoms with Gasteiger partial charge < -0.3 is 14.3 Å². The van der Waals surface area contributed by atoms with Gasteiger partial charge in [-0.2, -0.15) is 0 Å². The van der Waals surface area contributed by atoms with Crippen LogP contribution in [0.2, 0.25) is 10.0 Å². The smallest absolute Gasteiger partial charge is 0.276 e. The molecule has 0 radical (unpaired) electrons. The zero-order valence-corrected chi connectivity index (χ0v) is 15.3. The Labute approximate surface area is 158 Å². The summed E-state index contributed by atoms with van der Waals surface area (Å²) in [6.45, 7) is 0.0761. The minimum Gasteiger partial charge on any atom is -0.489 e. The average molecular weight is 397 g/mol. The predicted octanol–water partition coefficient (Wildman–Crippen LogP) is 4.58. The Balaban J connectivity index is 1.50. The number of aliphatic hydroxyl groups is 1. The summed E-state index contributed by atoms with van der Waals surface area (Å²) in [6, 6.07) is 14.4. The zero-order valence-electron chi connectivity index (χ0n) is 12.9. The van der Waals surface area contributed by atoms with Crippen molar-refractivity contribution in [3.63, 3.8) is 0 Å². The molecule has 25 heavy (non-hydrogen) atoms. The second kappa shape index (κ2) is 8.58. The van der Waals surface area contributed by atoms with E-state index in [2.05, 4.69) is 10.2 Å². The molecule has 0 bridgehead atoms. The molecule has 130 valence electrons. The largest absolute Gasteiger partial charge is 0.489 e. The lowest BCUT2D eigenvalue weighted by atomic mass is 10.2. The van der Waals surface area contributed by atoms with Gasteiger partial charge in [-0.1, -0.05) is 53.2 Å². The minimum atomic E-state index is -0.730. The van der Waals surface area contributed by atoms with Crippen molar-refractivity contribution in [3.8, 4) is 17.2 Å². The minimum absolute atomic E-state index is 0.0761. The molecule has 0 saturated carbocycles. The van der Waals surface area contributed by atoms with Crippen LogP contribution in [-0.4, -0.2) is 33.8 Å². The highest BCUT2D eigenvalue weighted by molar-refractivity contribution is 7.99. The number of halogens is 2. The van der Waals surface area contributed by atoms with Crippen LogP contribution in [0.1, 0.15) is 0 Å².